The lowest BCUT2D eigenvalue weighted by Gasteiger charge is -2.31. The van der Waals surface area contributed by atoms with Crippen LogP contribution >= 0.6 is 0 Å². The Labute approximate surface area is 168 Å². The smallest absolute Gasteiger partial charge is 0.126 e. The van der Waals surface area contributed by atoms with Crippen LogP contribution in [-0.4, -0.2) is 14.0 Å². The predicted molar refractivity (Wildman–Crippen MR) is 122 cm³/mol. The maximum atomic E-state index is 6.77. The SMILES string of the molecule is [B]C(C=C(C)C)(OC(C)C)c1ccc2c3ccccc3c3ccccc3c2c1. The molecule has 0 heterocycles. The molecule has 0 bridgehead atoms. The fourth-order valence-electron chi connectivity index (χ4n) is 4.15. The topological polar surface area (TPSA) is 9.23 Å². The summed E-state index contributed by atoms with van der Waals surface area (Å²) in [7, 11) is 6.77. The highest BCUT2D eigenvalue weighted by molar-refractivity contribution is 6.25. The van der Waals surface area contributed by atoms with Gasteiger partial charge in [0.15, 0.2) is 0 Å². The monoisotopic (exact) mass is 364 g/mol. The zero-order valence-corrected chi connectivity index (χ0v) is 17.0. The van der Waals surface area contributed by atoms with Crippen molar-refractivity contribution >= 4 is 40.2 Å². The fraction of sp³-hybridized carbons (Fsp3) is 0.231. The van der Waals surface area contributed by atoms with Gasteiger partial charge in [0.1, 0.15) is 7.85 Å². The van der Waals surface area contributed by atoms with Crippen LogP contribution in [0, 0.1) is 0 Å². The summed E-state index contributed by atoms with van der Waals surface area (Å²) in [6.45, 7) is 8.14. The van der Waals surface area contributed by atoms with E-state index in [1.165, 1.54) is 32.3 Å². The maximum absolute atomic E-state index is 6.77. The van der Waals surface area contributed by atoms with E-state index < -0.39 is 5.50 Å². The van der Waals surface area contributed by atoms with Gasteiger partial charge in [0.05, 0.1) is 11.6 Å². The number of rotatable bonds is 4. The van der Waals surface area contributed by atoms with Crippen LogP contribution in [0.15, 0.2) is 78.4 Å². The molecule has 0 saturated heterocycles. The Morgan fingerprint density at radius 2 is 1.25 bits per heavy atom. The Hall–Kier alpha value is -2.58. The fourth-order valence-corrected chi connectivity index (χ4v) is 4.15. The van der Waals surface area contributed by atoms with Gasteiger partial charge in [-0.25, -0.2) is 0 Å². The minimum atomic E-state index is -0.950. The Balaban J connectivity index is 2.08. The standard InChI is InChI=1S/C26H25BO/c1-17(2)16-26(27,28-18(3)4)19-13-14-24-22-11-6-5-9-20(22)21-10-7-8-12-23(21)25(24)15-19/h5-16,18H,1-4H3. The summed E-state index contributed by atoms with van der Waals surface area (Å²) < 4.78 is 6.18. The lowest BCUT2D eigenvalue weighted by atomic mass is 9.73. The van der Waals surface area contributed by atoms with Crippen molar-refractivity contribution in [2.75, 3.05) is 0 Å². The van der Waals surface area contributed by atoms with E-state index in [1.807, 2.05) is 19.9 Å². The molecular formula is C26H25BO. The summed E-state index contributed by atoms with van der Waals surface area (Å²) in [5.74, 6) is 0. The minimum absolute atomic E-state index is 0.0182. The lowest BCUT2D eigenvalue weighted by Crippen LogP contribution is -2.31. The van der Waals surface area contributed by atoms with Gasteiger partial charge in [-0.05, 0) is 71.6 Å². The summed E-state index contributed by atoms with van der Waals surface area (Å²) in [5.41, 5.74) is 1.15. The number of hydrogen-bond donors (Lipinski definition) is 0. The van der Waals surface area contributed by atoms with Crippen LogP contribution in [0.1, 0.15) is 33.3 Å². The first kappa shape index (κ1) is 18.8. The Morgan fingerprint density at radius 1 is 0.786 bits per heavy atom. The van der Waals surface area contributed by atoms with Crippen LogP contribution in [0.3, 0.4) is 0 Å². The van der Waals surface area contributed by atoms with E-state index in [9.17, 15) is 0 Å². The van der Waals surface area contributed by atoms with Crippen molar-refractivity contribution in [1.82, 2.24) is 0 Å². The summed E-state index contributed by atoms with van der Waals surface area (Å²) >= 11 is 0. The van der Waals surface area contributed by atoms with E-state index in [-0.39, 0.29) is 6.10 Å². The van der Waals surface area contributed by atoms with Gasteiger partial charge >= 0.3 is 0 Å². The molecule has 138 valence electrons. The molecule has 0 aliphatic heterocycles. The van der Waals surface area contributed by atoms with Crippen LogP contribution in [-0.2, 0) is 10.2 Å². The van der Waals surface area contributed by atoms with E-state index in [1.54, 1.807) is 0 Å². The maximum Gasteiger partial charge on any atom is 0.126 e. The van der Waals surface area contributed by atoms with Crippen molar-refractivity contribution in [2.24, 2.45) is 0 Å². The van der Waals surface area contributed by atoms with E-state index in [4.69, 9.17) is 12.6 Å². The van der Waals surface area contributed by atoms with Crippen molar-refractivity contribution in [3.63, 3.8) is 0 Å². The molecule has 28 heavy (non-hydrogen) atoms. The van der Waals surface area contributed by atoms with Gasteiger partial charge in [-0.3, -0.25) is 0 Å². The summed E-state index contributed by atoms with van der Waals surface area (Å²) in [6.07, 6.45) is 2.03. The molecule has 4 aromatic carbocycles. The van der Waals surface area contributed by atoms with Crippen molar-refractivity contribution in [1.29, 1.82) is 0 Å². The highest BCUT2D eigenvalue weighted by Gasteiger charge is 2.26. The first-order valence-corrected chi connectivity index (χ1v) is 9.85. The second kappa shape index (κ2) is 7.11. The molecule has 2 radical (unpaired) electrons. The molecular weight excluding hydrogens is 339 g/mol. The largest absolute Gasteiger partial charge is 0.374 e. The molecule has 0 N–H and O–H groups in total. The molecule has 1 nitrogen and oxygen atoms in total. The van der Waals surface area contributed by atoms with Gasteiger partial charge in [-0.15, -0.1) is 0 Å². The third-order valence-corrected chi connectivity index (χ3v) is 5.13. The Morgan fingerprint density at radius 3 is 1.71 bits per heavy atom. The van der Waals surface area contributed by atoms with Gasteiger partial charge in [-0.1, -0.05) is 72.3 Å². The van der Waals surface area contributed by atoms with Crippen LogP contribution in [0.25, 0.3) is 32.3 Å². The first-order chi connectivity index (χ1) is 13.4. The van der Waals surface area contributed by atoms with E-state index in [0.717, 1.165) is 11.1 Å². The molecule has 0 saturated carbocycles. The highest BCUT2D eigenvalue weighted by Crippen LogP contribution is 2.37. The van der Waals surface area contributed by atoms with Gasteiger partial charge in [0.25, 0.3) is 0 Å². The van der Waals surface area contributed by atoms with Crippen LogP contribution < -0.4 is 0 Å². The second-order valence-corrected chi connectivity index (χ2v) is 8.03. The first-order valence-electron chi connectivity index (χ1n) is 9.85. The number of allylic oxidation sites excluding steroid dienone is 1. The normalized spacial score (nSPS) is 13.9. The van der Waals surface area contributed by atoms with Crippen molar-refractivity contribution < 1.29 is 4.74 Å². The van der Waals surface area contributed by atoms with E-state index >= 15 is 0 Å². The van der Waals surface area contributed by atoms with Crippen LogP contribution in [0.4, 0.5) is 0 Å². The molecule has 0 aromatic heterocycles. The van der Waals surface area contributed by atoms with Gasteiger partial charge < -0.3 is 4.74 Å². The predicted octanol–water partition coefficient (Wildman–Crippen LogP) is 6.86. The summed E-state index contributed by atoms with van der Waals surface area (Å²) in [6, 6.07) is 23.7. The molecule has 0 aliphatic rings. The molecule has 1 atom stereocenters. The molecule has 0 fully saturated rings. The quantitative estimate of drug-likeness (QED) is 0.218. The minimum Gasteiger partial charge on any atom is -0.374 e. The van der Waals surface area contributed by atoms with Crippen molar-refractivity contribution in [3.8, 4) is 0 Å². The van der Waals surface area contributed by atoms with Gasteiger partial charge in [0.2, 0.25) is 0 Å². The zero-order chi connectivity index (χ0) is 19.9. The van der Waals surface area contributed by atoms with Crippen molar-refractivity contribution in [2.45, 2.75) is 39.3 Å². The third kappa shape index (κ3) is 3.23. The third-order valence-electron chi connectivity index (χ3n) is 5.13. The average molecular weight is 364 g/mol. The molecule has 0 amide bonds. The number of fused-ring (bicyclic) bond motifs is 6. The molecule has 2 heteroatoms. The second-order valence-electron chi connectivity index (χ2n) is 8.03. The van der Waals surface area contributed by atoms with E-state index in [0.29, 0.717) is 0 Å². The van der Waals surface area contributed by atoms with Gasteiger partial charge in [0, 0.05) is 0 Å². The zero-order valence-electron chi connectivity index (χ0n) is 17.0. The molecule has 0 spiro atoms. The Bertz CT molecular complexity index is 1170. The Kier molecular flexibility index (Phi) is 4.77. The molecule has 4 rings (SSSR count). The molecule has 4 aromatic rings. The summed E-state index contributed by atoms with van der Waals surface area (Å²) in [5, 5.41) is 7.48. The molecule has 0 aliphatic carbocycles. The van der Waals surface area contributed by atoms with Crippen LogP contribution in [0.2, 0.25) is 0 Å². The van der Waals surface area contributed by atoms with Gasteiger partial charge in [-0.2, -0.15) is 0 Å². The van der Waals surface area contributed by atoms with E-state index in [2.05, 4.69) is 80.6 Å². The van der Waals surface area contributed by atoms with Crippen molar-refractivity contribution in [3.05, 3.63) is 83.9 Å². The van der Waals surface area contributed by atoms with Crippen LogP contribution in [0.5, 0.6) is 0 Å². The number of benzene rings is 4. The number of hydrogen-bond acceptors (Lipinski definition) is 1. The molecule has 1 unspecified atom stereocenters. The summed E-state index contributed by atoms with van der Waals surface area (Å²) in [4.78, 5) is 0. The lowest BCUT2D eigenvalue weighted by molar-refractivity contribution is 0.00387. The number of ether oxygens (including phenoxy) is 1. The highest BCUT2D eigenvalue weighted by atomic mass is 16.5. The average Bonchev–Trinajstić information content (AvgIpc) is 2.66.